The molecule has 0 aliphatic heterocycles. The van der Waals surface area contributed by atoms with Crippen LogP contribution in [0.4, 0.5) is 5.69 Å². The molecule has 34 heavy (non-hydrogen) atoms. The molecule has 0 spiro atoms. The van der Waals surface area contributed by atoms with Gasteiger partial charge in [-0.2, -0.15) is 5.10 Å². The Morgan fingerprint density at radius 2 is 1.88 bits per heavy atom. The number of carbonyl (C=O) groups is 1. The normalized spacial score (nSPS) is 18.8. The molecule has 1 aliphatic rings. The summed E-state index contributed by atoms with van der Waals surface area (Å²) in [7, 11) is 0. The molecule has 2 aromatic carbocycles. The first-order valence-electron chi connectivity index (χ1n) is 11.3. The van der Waals surface area contributed by atoms with Gasteiger partial charge < -0.3 is 4.74 Å². The van der Waals surface area contributed by atoms with Crippen molar-refractivity contribution in [3.8, 4) is 5.75 Å². The zero-order valence-electron chi connectivity index (χ0n) is 20.0. The molecule has 7 heteroatoms. The SMILES string of the molecule is CC1=CCCC(C)(C)C1/C=C/C(C)=N/NC(=O)C(Oc1ccc([N+](=O)[O-])cc1)c1ccccc1. The molecule has 3 rings (SSSR count). The maximum Gasteiger partial charge on any atom is 0.285 e. The third kappa shape index (κ3) is 6.41. The Bertz CT molecular complexity index is 1100. The lowest BCUT2D eigenvalue weighted by molar-refractivity contribution is -0.384. The topological polar surface area (TPSA) is 93.8 Å². The maximum absolute atomic E-state index is 13.0. The molecule has 2 aromatic rings. The van der Waals surface area contributed by atoms with E-state index in [4.69, 9.17) is 4.74 Å². The van der Waals surface area contributed by atoms with E-state index in [0.717, 1.165) is 12.8 Å². The third-order valence-corrected chi connectivity index (χ3v) is 6.10. The summed E-state index contributed by atoms with van der Waals surface area (Å²) in [6, 6.07) is 14.7. The number of non-ortho nitro benzene ring substituents is 1. The number of hydrazone groups is 1. The van der Waals surface area contributed by atoms with E-state index >= 15 is 0 Å². The molecule has 178 valence electrons. The summed E-state index contributed by atoms with van der Waals surface area (Å²) >= 11 is 0. The van der Waals surface area contributed by atoms with E-state index < -0.39 is 16.9 Å². The molecule has 0 bridgehead atoms. The molecule has 2 unspecified atom stereocenters. The first-order chi connectivity index (χ1) is 16.2. The maximum atomic E-state index is 13.0. The molecule has 0 saturated heterocycles. The summed E-state index contributed by atoms with van der Waals surface area (Å²) in [5.41, 5.74) is 5.39. The predicted octanol–water partition coefficient (Wildman–Crippen LogP) is 6.15. The summed E-state index contributed by atoms with van der Waals surface area (Å²) in [6.45, 7) is 8.53. The standard InChI is InChI=1S/C27H31N3O4/c1-19-9-8-18-27(3,4)24(19)17-12-20(2)28-29-26(31)25(21-10-6-5-7-11-21)34-23-15-13-22(14-16-23)30(32)33/h5-7,9-17,24-25H,8,18H2,1-4H3,(H,29,31)/b17-12+,28-20+. The first-order valence-corrected chi connectivity index (χ1v) is 11.3. The second kappa shape index (κ2) is 10.9. The molecule has 2 atom stereocenters. The second-order valence-electron chi connectivity index (χ2n) is 9.20. The molecule has 1 amide bonds. The molecular formula is C27H31N3O4. The van der Waals surface area contributed by atoms with Crippen LogP contribution in [0.15, 0.2) is 83.5 Å². The lowest BCUT2D eigenvalue weighted by atomic mass is 9.68. The van der Waals surface area contributed by atoms with Crippen LogP contribution in [-0.2, 0) is 4.79 Å². The van der Waals surface area contributed by atoms with Crippen LogP contribution in [0.25, 0.3) is 0 Å². The van der Waals surface area contributed by atoms with Gasteiger partial charge in [0.2, 0.25) is 6.10 Å². The molecule has 7 nitrogen and oxygen atoms in total. The summed E-state index contributed by atoms with van der Waals surface area (Å²) in [5, 5.41) is 15.1. The highest BCUT2D eigenvalue weighted by atomic mass is 16.6. The minimum absolute atomic E-state index is 0.0497. The minimum atomic E-state index is -0.967. The van der Waals surface area contributed by atoms with Crippen molar-refractivity contribution in [1.29, 1.82) is 0 Å². The zero-order chi connectivity index (χ0) is 24.7. The predicted molar refractivity (Wildman–Crippen MR) is 134 cm³/mol. The summed E-state index contributed by atoms with van der Waals surface area (Å²) in [4.78, 5) is 23.4. The van der Waals surface area contributed by atoms with E-state index in [1.54, 1.807) is 12.1 Å². The van der Waals surface area contributed by atoms with E-state index in [2.05, 4.69) is 43.5 Å². The second-order valence-corrected chi connectivity index (χ2v) is 9.20. The average molecular weight is 462 g/mol. The van der Waals surface area contributed by atoms with Crippen LogP contribution in [0.5, 0.6) is 5.75 Å². The summed E-state index contributed by atoms with van der Waals surface area (Å²) < 4.78 is 5.90. The zero-order valence-corrected chi connectivity index (χ0v) is 20.0. The molecule has 0 saturated carbocycles. The number of amides is 1. The van der Waals surface area contributed by atoms with Gasteiger partial charge in [0, 0.05) is 23.6 Å². The van der Waals surface area contributed by atoms with Crippen LogP contribution in [0, 0.1) is 21.4 Å². The number of nitro benzene ring substituents is 1. The first kappa shape index (κ1) is 24.9. The highest BCUT2D eigenvalue weighted by Gasteiger charge is 2.30. The fraction of sp³-hybridized carbons (Fsp3) is 0.333. The molecule has 0 fully saturated rings. The van der Waals surface area contributed by atoms with Gasteiger partial charge in [-0.05, 0) is 50.3 Å². The van der Waals surface area contributed by atoms with Crippen molar-refractivity contribution < 1.29 is 14.5 Å². The number of carbonyl (C=O) groups excluding carboxylic acids is 1. The average Bonchev–Trinajstić information content (AvgIpc) is 2.81. The fourth-order valence-electron chi connectivity index (χ4n) is 4.14. The van der Waals surface area contributed by atoms with Crippen LogP contribution >= 0.6 is 0 Å². The highest BCUT2D eigenvalue weighted by molar-refractivity contribution is 5.94. The van der Waals surface area contributed by atoms with Crippen molar-refractivity contribution in [2.75, 3.05) is 0 Å². The van der Waals surface area contributed by atoms with Crippen molar-refractivity contribution in [3.63, 3.8) is 0 Å². The van der Waals surface area contributed by atoms with E-state index in [1.165, 1.54) is 29.8 Å². The number of ether oxygens (including phenoxy) is 1. The van der Waals surface area contributed by atoms with Gasteiger partial charge >= 0.3 is 0 Å². The Hall–Kier alpha value is -3.74. The van der Waals surface area contributed by atoms with Crippen molar-refractivity contribution >= 4 is 17.3 Å². The van der Waals surface area contributed by atoms with Crippen molar-refractivity contribution in [1.82, 2.24) is 5.43 Å². The number of nitro groups is 1. The number of benzene rings is 2. The van der Waals surface area contributed by atoms with Gasteiger partial charge in [-0.3, -0.25) is 14.9 Å². The lowest BCUT2D eigenvalue weighted by Gasteiger charge is -2.36. The lowest BCUT2D eigenvalue weighted by Crippen LogP contribution is -2.29. The van der Waals surface area contributed by atoms with E-state index in [-0.39, 0.29) is 11.1 Å². The summed E-state index contributed by atoms with van der Waals surface area (Å²) in [6.07, 6.45) is 7.63. The molecule has 0 heterocycles. The van der Waals surface area contributed by atoms with Gasteiger partial charge in [-0.15, -0.1) is 0 Å². The van der Waals surface area contributed by atoms with E-state index in [1.807, 2.05) is 31.2 Å². The molecule has 1 aliphatic carbocycles. The Balaban J connectivity index is 1.73. The number of allylic oxidation sites excluding steroid dienone is 4. The van der Waals surface area contributed by atoms with Gasteiger partial charge in [0.1, 0.15) is 5.75 Å². The number of rotatable bonds is 8. The van der Waals surface area contributed by atoms with Crippen LogP contribution in [-0.4, -0.2) is 16.5 Å². The van der Waals surface area contributed by atoms with Crippen molar-refractivity contribution in [3.05, 3.63) is 94.1 Å². The number of hydrogen-bond donors (Lipinski definition) is 1. The van der Waals surface area contributed by atoms with Crippen LogP contribution < -0.4 is 10.2 Å². The van der Waals surface area contributed by atoms with Gasteiger partial charge in [0.15, 0.2) is 0 Å². The minimum Gasteiger partial charge on any atom is -0.476 e. The number of nitrogens with one attached hydrogen (secondary N) is 1. The van der Waals surface area contributed by atoms with Crippen molar-refractivity contribution in [2.45, 2.75) is 46.6 Å². The highest BCUT2D eigenvalue weighted by Crippen LogP contribution is 2.41. The Morgan fingerprint density at radius 1 is 1.21 bits per heavy atom. The molecule has 0 aromatic heterocycles. The third-order valence-electron chi connectivity index (χ3n) is 6.10. The Labute approximate surface area is 200 Å². The number of nitrogens with zero attached hydrogens (tertiary/aromatic N) is 2. The monoisotopic (exact) mass is 461 g/mol. The van der Waals surface area contributed by atoms with Gasteiger partial charge in [0.25, 0.3) is 11.6 Å². The fourth-order valence-corrected chi connectivity index (χ4v) is 4.14. The van der Waals surface area contributed by atoms with Crippen LogP contribution in [0.2, 0.25) is 0 Å². The largest absolute Gasteiger partial charge is 0.476 e. The van der Waals surface area contributed by atoms with Gasteiger partial charge in [-0.1, -0.05) is 61.9 Å². The van der Waals surface area contributed by atoms with Gasteiger partial charge in [-0.25, -0.2) is 5.43 Å². The van der Waals surface area contributed by atoms with Crippen LogP contribution in [0.3, 0.4) is 0 Å². The quantitative estimate of drug-likeness (QED) is 0.221. The van der Waals surface area contributed by atoms with E-state index in [0.29, 0.717) is 22.9 Å². The molecule has 0 radical (unpaired) electrons. The Kier molecular flexibility index (Phi) is 7.99. The summed E-state index contributed by atoms with van der Waals surface area (Å²) in [5.74, 6) is 0.230. The van der Waals surface area contributed by atoms with Gasteiger partial charge in [0.05, 0.1) is 10.6 Å². The Morgan fingerprint density at radius 3 is 2.50 bits per heavy atom. The molecule has 1 N–H and O–H groups in total. The van der Waals surface area contributed by atoms with Crippen LogP contribution in [0.1, 0.15) is 52.2 Å². The van der Waals surface area contributed by atoms with Crippen molar-refractivity contribution in [2.24, 2.45) is 16.4 Å². The van der Waals surface area contributed by atoms with E-state index in [9.17, 15) is 14.9 Å². The smallest absolute Gasteiger partial charge is 0.285 e. The molecular weight excluding hydrogens is 430 g/mol. The number of hydrogen-bond acceptors (Lipinski definition) is 5.